The summed E-state index contributed by atoms with van der Waals surface area (Å²) in [5.74, 6) is 0.976. The number of carbonyl (C=O) groups is 1. The number of amides is 1. The molecule has 3 atom stereocenters. The van der Waals surface area contributed by atoms with Gasteiger partial charge in [0.15, 0.2) is 0 Å². The molecule has 0 spiro atoms. The maximum atomic E-state index is 11.6. The lowest BCUT2D eigenvalue weighted by molar-refractivity contribution is -0.117. The van der Waals surface area contributed by atoms with E-state index in [0.717, 1.165) is 12.8 Å². The summed E-state index contributed by atoms with van der Waals surface area (Å²) in [5, 5.41) is 4.09. The van der Waals surface area contributed by atoms with Gasteiger partial charge in [-0.15, -0.1) is 0 Å². The molecule has 118 valence electrons. The van der Waals surface area contributed by atoms with E-state index in [1.54, 1.807) is 12.2 Å². The van der Waals surface area contributed by atoms with Gasteiger partial charge in [0.25, 0.3) is 0 Å². The zero-order valence-corrected chi connectivity index (χ0v) is 14.4. The van der Waals surface area contributed by atoms with Crippen molar-refractivity contribution in [3.8, 4) is 0 Å². The number of halogens is 2. The molecule has 1 aromatic rings. The zero-order chi connectivity index (χ0) is 16.1. The largest absolute Gasteiger partial charge is 0.350 e. The number of hydrogen-bond acceptors (Lipinski definition) is 1. The second-order valence-electron chi connectivity index (χ2n) is 5.74. The Kier molecular flexibility index (Phi) is 6.10. The fourth-order valence-corrected chi connectivity index (χ4v) is 2.60. The van der Waals surface area contributed by atoms with Gasteiger partial charge in [-0.2, -0.15) is 0 Å². The first-order valence-corrected chi connectivity index (χ1v) is 8.37. The average Bonchev–Trinajstić information content (AvgIpc) is 3.26. The van der Waals surface area contributed by atoms with Crippen molar-refractivity contribution in [3.63, 3.8) is 0 Å². The molecule has 1 amide bonds. The minimum atomic E-state index is -0.0455. The van der Waals surface area contributed by atoms with Gasteiger partial charge in [0.2, 0.25) is 5.91 Å². The summed E-state index contributed by atoms with van der Waals surface area (Å²) in [6.45, 7) is 4.04. The third kappa shape index (κ3) is 4.89. The summed E-state index contributed by atoms with van der Waals surface area (Å²) in [7, 11) is 0. The van der Waals surface area contributed by atoms with Crippen LogP contribution in [0.1, 0.15) is 38.2 Å². The van der Waals surface area contributed by atoms with E-state index in [9.17, 15) is 4.79 Å². The topological polar surface area (TPSA) is 29.1 Å². The molecule has 22 heavy (non-hydrogen) atoms. The summed E-state index contributed by atoms with van der Waals surface area (Å²) < 4.78 is 0. The number of nitrogens with one attached hydrogen (secondary N) is 1. The van der Waals surface area contributed by atoms with Gasteiger partial charge in [0.05, 0.1) is 10.0 Å². The van der Waals surface area contributed by atoms with Crippen molar-refractivity contribution in [2.75, 3.05) is 0 Å². The third-order valence-electron chi connectivity index (χ3n) is 3.93. The normalized spacial score (nSPS) is 22.2. The summed E-state index contributed by atoms with van der Waals surface area (Å²) in [6, 6.07) is 6.03. The van der Waals surface area contributed by atoms with Gasteiger partial charge in [-0.3, -0.25) is 4.79 Å². The molecule has 1 aliphatic carbocycles. The maximum absolute atomic E-state index is 11.6. The molecule has 0 saturated heterocycles. The smallest absolute Gasteiger partial charge is 0.244 e. The zero-order valence-electron chi connectivity index (χ0n) is 12.9. The van der Waals surface area contributed by atoms with Gasteiger partial charge in [0.1, 0.15) is 0 Å². The molecule has 2 nitrogen and oxygen atoms in total. The van der Waals surface area contributed by atoms with Crippen LogP contribution < -0.4 is 5.32 Å². The SMILES string of the molecule is CCC(C)NC(=O)/C=C/C=C/C1CC1c1ccc(Cl)c(Cl)c1. The Labute approximate surface area is 142 Å². The highest BCUT2D eigenvalue weighted by Crippen LogP contribution is 2.49. The Balaban J connectivity index is 1.81. The first-order chi connectivity index (χ1) is 10.5. The van der Waals surface area contributed by atoms with Gasteiger partial charge < -0.3 is 5.32 Å². The van der Waals surface area contributed by atoms with Gasteiger partial charge in [-0.25, -0.2) is 0 Å². The van der Waals surface area contributed by atoms with E-state index in [1.165, 1.54) is 5.56 Å². The second kappa shape index (κ2) is 7.85. The summed E-state index contributed by atoms with van der Waals surface area (Å²) in [4.78, 5) is 11.6. The average molecular weight is 338 g/mol. The van der Waals surface area contributed by atoms with Gasteiger partial charge in [-0.05, 0) is 49.3 Å². The van der Waals surface area contributed by atoms with Crippen LogP contribution in [0, 0.1) is 5.92 Å². The van der Waals surface area contributed by atoms with Gasteiger partial charge in [0, 0.05) is 12.1 Å². The fourth-order valence-electron chi connectivity index (χ4n) is 2.30. The first-order valence-electron chi connectivity index (χ1n) is 7.61. The first kappa shape index (κ1) is 17.1. The van der Waals surface area contributed by atoms with Crippen LogP contribution in [-0.2, 0) is 4.79 Å². The van der Waals surface area contributed by atoms with E-state index in [4.69, 9.17) is 23.2 Å². The highest BCUT2D eigenvalue weighted by Gasteiger charge is 2.36. The van der Waals surface area contributed by atoms with E-state index in [-0.39, 0.29) is 11.9 Å². The highest BCUT2D eigenvalue weighted by atomic mass is 35.5. The number of rotatable bonds is 6. The Hall–Kier alpha value is -1.25. The monoisotopic (exact) mass is 337 g/mol. The molecule has 1 fully saturated rings. The predicted octanol–water partition coefficient (Wildman–Crippen LogP) is 5.12. The standard InChI is InChI=1S/C18H21Cl2NO/c1-3-12(2)21-18(22)7-5-4-6-13-10-15(13)14-8-9-16(19)17(20)11-14/h4-9,11-13,15H,3,10H2,1-2H3,(H,21,22)/b6-4+,7-5+. The molecule has 0 bridgehead atoms. The quantitative estimate of drug-likeness (QED) is 0.566. The summed E-state index contributed by atoms with van der Waals surface area (Å²) >= 11 is 12.0. The van der Waals surface area contributed by atoms with Crippen molar-refractivity contribution in [1.82, 2.24) is 5.32 Å². The van der Waals surface area contributed by atoms with E-state index >= 15 is 0 Å². The molecule has 4 heteroatoms. The lowest BCUT2D eigenvalue weighted by Crippen LogP contribution is -2.30. The molecule has 1 aromatic carbocycles. The molecule has 0 aromatic heterocycles. The predicted molar refractivity (Wildman–Crippen MR) is 93.5 cm³/mol. The minimum absolute atomic E-state index is 0.0455. The van der Waals surface area contributed by atoms with Crippen molar-refractivity contribution in [1.29, 1.82) is 0 Å². The minimum Gasteiger partial charge on any atom is -0.350 e. The molecular formula is C18H21Cl2NO. The van der Waals surface area contributed by atoms with Gasteiger partial charge >= 0.3 is 0 Å². The van der Waals surface area contributed by atoms with E-state index < -0.39 is 0 Å². The van der Waals surface area contributed by atoms with Crippen LogP contribution in [0.2, 0.25) is 10.0 Å². The summed E-state index contributed by atoms with van der Waals surface area (Å²) in [6.07, 6.45) is 9.49. The van der Waals surface area contributed by atoms with Crippen LogP contribution in [0.15, 0.2) is 42.5 Å². The number of allylic oxidation sites excluding steroid dienone is 3. The number of benzene rings is 1. The molecule has 3 unspecified atom stereocenters. The third-order valence-corrected chi connectivity index (χ3v) is 4.67. The Morgan fingerprint density at radius 1 is 1.36 bits per heavy atom. The van der Waals surface area contributed by atoms with Crippen molar-refractivity contribution < 1.29 is 4.79 Å². The van der Waals surface area contributed by atoms with E-state index in [0.29, 0.717) is 21.9 Å². The van der Waals surface area contributed by atoms with Crippen LogP contribution in [0.5, 0.6) is 0 Å². The Morgan fingerprint density at radius 3 is 2.82 bits per heavy atom. The lowest BCUT2D eigenvalue weighted by atomic mass is 10.1. The maximum Gasteiger partial charge on any atom is 0.244 e. The molecule has 2 rings (SSSR count). The van der Waals surface area contributed by atoms with Crippen LogP contribution in [0.4, 0.5) is 0 Å². The molecule has 1 aliphatic rings. The van der Waals surface area contributed by atoms with Crippen molar-refractivity contribution in [2.45, 2.75) is 38.6 Å². The van der Waals surface area contributed by atoms with Crippen LogP contribution in [0.3, 0.4) is 0 Å². The highest BCUT2D eigenvalue weighted by molar-refractivity contribution is 6.42. The number of hydrogen-bond donors (Lipinski definition) is 1. The van der Waals surface area contributed by atoms with E-state index in [1.807, 2.05) is 38.1 Å². The molecule has 0 radical (unpaired) electrons. The lowest BCUT2D eigenvalue weighted by Gasteiger charge is -2.07. The number of carbonyl (C=O) groups excluding carboxylic acids is 1. The Bertz CT molecular complexity index is 595. The van der Waals surface area contributed by atoms with Crippen molar-refractivity contribution in [2.24, 2.45) is 5.92 Å². The molecule has 1 N–H and O–H groups in total. The molecule has 0 aliphatic heterocycles. The van der Waals surface area contributed by atoms with E-state index in [2.05, 4.69) is 11.4 Å². The fraction of sp³-hybridized carbons (Fsp3) is 0.389. The summed E-state index contributed by atoms with van der Waals surface area (Å²) in [5.41, 5.74) is 1.22. The molecule has 1 saturated carbocycles. The second-order valence-corrected chi connectivity index (χ2v) is 6.56. The van der Waals surface area contributed by atoms with Gasteiger partial charge in [-0.1, -0.05) is 54.4 Å². The molecular weight excluding hydrogens is 317 g/mol. The van der Waals surface area contributed by atoms with Crippen molar-refractivity contribution in [3.05, 3.63) is 58.1 Å². The molecule has 0 heterocycles. The Morgan fingerprint density at radius 2 is 2.14 bits per heavy atom. The van der Waals surface area contributed by atoms with Crippen molar-refractivity contribution >= 4 is 29.1 Å². The van der Waals surface area contributed by atoms with Crippen LogP contribution >= 0.6 is 23.2 Å². The van der Waals surface area contributed by atoms with Crippen LogP contribution in [0.25, 0.3) is 0 Å². The van der Waals surface area contributed by atoms with Crippen LogP contribution in [-0.4, -0.2) is 11.9 Å².